The van der Waals surface area contributed by atoms with Crippen LogP contribution in [0, 0.1) is 12.7 Å². The molecule has 1 amide bonds. The first kappa shape index (κ1) is 12.8. The van der Waals surface area contributed by atoms with Crippen molar-refractivity contribution in [3.8, 4) is 0 Å². The number of anilines is 1. The summed E-state index contributed by atoms with van der Waals surface area (Å²) >= 11 is 0. The monoisotopic (exact) mass is 273 g/mol. The molecular formula is C16H13F2NO. The zero-order valence-electron chi connectivity index (χ0n) is 11.2. The van der Waals surface area contributed by atoms with Crippen molar-refractivity contribution in [1.82, 2.24) is 0 Å². The molecule has 0 saturated carbocycles. The lowest BCUT2D eigenvalue weighted by Gasteiger charge is -2.20. The Hall–Kier alpha value is -2.23. The van der Waals surface area contributed by atoms with Gasteiger partial charge in [-0.25, -0.2) is 8.78 Å². The van der Waals surface area contributed by atoms with Crippen LogP contribution in [0.25, 0.3) is 0 Å². The van der Waals surface area contributed by atoms with Crippen molar-refractivity contribution >= 4 is 11.6 Å². The molecule has 1 atom stereocenters. The molecule has 2 nitrogen and oxygen atoms in total. The number of alkyl halides is 1. The lowest BCUT2D eigenvalue weighted by molar-refractivity contribution is -0.126. The summed E-state index contributed by atoms with van der Waals surface area (Å²) in [6.07, 6.45) is 0. The Balaban J connectivity index is 2.30. The molecule has 1 aliphatic rings. The third-order valence-electron chi connectivity index (χ3n) is 3.73. The number of carbonyl (C=O) groups excluding carboxylic acids is 1. The molecule has 1 heterocycles. The van der Waals surface area contributed by atoms with E-state index in [1.807, 2.05) is 6.92 Å². The largest absolute Gasteiger partial charge is 0.312 e. The van der Waals surface area contributed by atoms with Crippen LogP contribution in [-0.2, 0) is 10.5 Å². The number of benzene rings is 2. The van der Waals surface area contributed by atoms with Crippen molar-refractivity contribution < 1.29 is 13.6 Å². The van der Waals surface area contributed by atoms with Crippen LogP contribution >= 0.6 is 0 Å². The fourth-order valence-corrected chi connectivity index (χ4v) is 2.67. The van der Waals surface area contributed by atoms with E-state index in [1.54, 1.807) is 18.2 Å². The van der Waals surface area contributed by atoms with E-state index >= 15 is 4.39 Å². The van der Waals surface area contributed by atoms with Gasteiger partial charge in [-0.3, -0.25) is 4.79 Å². The van der Waals surface area contributed by atoms with Crippen molar-refractivity contribution in [2.24, 2.45) is 0 Å². The highest BCUT2D eigenvalue weighted by Crippen LogP contribution is 2.47. The molecule has 0 unspecified atom stereocenters. The number of halogens is 2. The van der Waals surface area contributed by atoms with Crippen molar-refractivity contribution in [1.29, 1.82) is 0 Å². The van der Waals surface area contributed by atoms with Gasteiger partial charge in [0.2, 0.25) is 5.67 Å². The van der Waals surface area contributed by atoms with Gasteiger partial charge in [-0.15, -0.1) is 0 Å². The van der Waals surface area contributed by atoms with Gasteiger partial charge in [0.1, 0.15) is 5.82 Å². The average molecular weight is 273 g/mol. The van der Waals surface area contributed by atoms with Gasteiger partial charge in [-0.2, -0.15) is 0 Å². The number of rotatable bonds is 1. The van der Waals surface area contributed by atoms with E-state index in [0.717, 1.165) is 11.6 Å². The molecule has 4 heteroatoms. The van der Waals surface area contributed by atoms with E-state index in [4.69, 9.17) is 0 Å². The lowest BCUT2D eigenvalue weighted by Crippen LogP contribution is -2.36. The molecule has 1 aliphatic heterocycles. The first-order valence-corrected chi connectivity index (χ1v) is 6.29. The zero-order valence-corrected chi connectivity index (χ0v) is 11.2. The summed E-state index contributed by atoms with van der Waals surface area (Å²) in [4.78, 5) is 13.6. The van der Waals surface area contributed by atoms with Crippen molar-refractivity contribution in [2.75, 3.05) is 11.9 Å². The Bertz CT molecular complexity index is 713. The van der Waals surface area contributed by atoms with E-state index in [0.29, 0.717) is 5.69 Å². The van der Waals surface area contributed by atoms with Crippen LogP contribution in [-0.4, -0.2) is 13.0 Å². The summed E-state index contributed by atoms with van der Waals surface area (Å²) in [7, 11) is 1.50. The third kappa shape index (κ3) is 1.51. The Morgan fingerprint density at radius 3 is 2.50 bits per heavy atom. The summed E-state index contributed by atoms with van der Waals surface area (Å²) in [5, 5.41) is 0. The highest BCUT2D eigenvalue weighted by molar-refractivity contribution is 6.08. The minimum Gasteiger partial charge on any atom is -0.312 e. The molecular weight excluding hydrogens is 260 g/mol. The topological polar surface area (TPSA) is 20.3 Å². The molecule has 0 saturated heterocycles. The smallest absolute Gasteiger partial charge is 0.274 e. The van der Waals surface area contributed by atoms with Gasteiger partial charge in [0.25, 0.3) is 5.91 Å². The normalized spacial score (nSPS) is 21.2. The van der Waals surface area contributed by atoms with E-state index in [9.17, 15) is 9.18 Å². The van der Waals surface area contributed by atoms with Crippen molar-refractivity contribution in [2.45, 2.75) is 12.6 Å². The minimum absolute atomic E-state index is 0.195. The summed E-state index contributed by atoms with van der Waals surface area (Å²) in [6, 6.07) is 10.5. The molecule has 0 spiro atoms. The third-order valence-corrected chi connectivity index (χ3v) is 3.73. The molecule has 2 aromatic carbocycles. The Labute approximate surface area is 115 Å². The average Bonchev–Trinajstić information content (AvgIpc) is 2.62. The van der Waals surface area contributed by atoms with Gasteiger partial charge in [0, 0.05) is 18.2 Å². The predicted molar refractivity (Wildman–Crippen MR) is 72.9 cm³/mol. The second kappa shape index (κ2) is 4.13. The Kier molecular flexibility index (Phi) is 2.64. The zero-order chi connectivity index (χ0) is 14.5. The quantitative estimate of drug-likeness (QED) is 0.780. The van der Waals surface area contributed by atoms with Crippen LogP contribution in [0.3, 0.4) is 0 Å². The molecule has 0 radical (unpaired) electrons. The van der Waals surface area contributed by atoms with E-state index in [1.165, 1.54) is 30.1 Å². The molecule has 0 bridgehead atoms. The number of amides is 1. The first-order valence-electron chi connectivity index (χ1n) is 6.29. The van der Waals surface area contributed by atoms with Crippen LogP contribution in [0.2, 0.25) is 0 Å². The van der Waals surface area contributed by atoms with Crippen molar-refractivity contribution in [3.63, 3.8) is 0 Å². The van der Waals surface area contributed by atoms with Crippen LogP contribution in [0.15, 0.2) is 42.5 Å². The van der Waals surface area contributed by atoms with E-state index in [2.05, 4.69) is 0 Å². The van der Waals surface area contributed by atoms with E-state index in [-0.39, 0.29) is 11.1 Å². The molecule has 0 aliphatic carbocycles. The second-order valence-corrected chi connectivity index (χ2v) is 5.02. The van der Waals surface area contributed by atoms with Crippen LogP contribution in [0.4, 0.5) is 14.5 Å². The molecule has 20 heavy (non-hydrogen) atoms. The number of likely N-dealkylation sites (N-methyl/N-ethyl adjacent to an activating group) is 1. The molecule has 0 N–H and O–H groups in total. The van der Waals surface area contributed by atoms with Gasteiger partial charge >= 0.3 is 0 Å². The van der Waals surface area contributed by atoms with E-state index < -0.39 is 17.4 Å². The summed E-state index contributed by atoms with van der Waals surface area (Å²) in [6.45, 7) is 1.86. The van der Waals surface area contributed by atoms with Gasteiger partial charge in [-0.1, -0.05) is 30.3 Å². The number of nitrogens with zero attached hydrogens (tertiary/aromatic N) is 1. The summed E-state index contributed by atoms with van der Waals surface area (Å²) < 4.78 is 29.4. The number of hydrogen-bond acceptors (Lipinski definition) is 1. The molecule has 3 rings (SSSR count). The summed E-state index contributed by atoms with van der Waals surface area (Å²) in [5.74, 6) is -1.48. The standard InChI is InChI=1S/C16H13F2NO/c1-10-7-8-12-14(9-10)19(2)15(20)16(12,18)11-5-3-4-6-13(11)17/h3-9H,1-2H3/t16-/m0/s1. The number of carbonyl (C=O) groups is 1. The lowest BCUT2D eigenvalue weighted by atomic mass is 9.88. The summed E-state index contributed by atoms with van der Waals surface area (Å²) in [5.41, 5.74) is -1.09. The fraction of sp³-hybridized carbons (Fsp3) is 0.188. The molecule has 102 valence electrons. The van der Waals surface area contributed by atoms with Crippen LogP contribution in [0.5, 0.6) is 0 Å². The molecule has 2 aromatic rings. The maximum Gasteiger partial charge on any atom is 0.274 e. The Morgan fingerprint density at radius 1 is 1.10 bits per heavy atom. The van der Waals surface area contributed by atoms with Crippen LogP contribution in [0.1, 0.15) is 16.7 Å². The fourth-order valence-electron chi connectivity index (χ4n) is 2.67. The first-order chi connectivity index (χ1) is 9.46. The maximum absolute atomic E-state index is 15.4. The highest BCUT2D eigenvalue weighted by atomic mass is 19.1. The Morgan fingerprint density at radius 2 is 1.80 bits per heavy atom. The van der Waals surface area contributed by atoms with Crippen molar-refractivity contribution in [3.05, 3.63) is 65.0 Å². The van der Waals surface area contributed by atoms with Crippen LogP contribution < -0.4 is 4.90 Å². The number of fused-ring (bicyclic) bond motifs is 1. The minimum atomic E-state index is -2.46. The van der Waals surface area contributed by atoms with Gasteiger partial charge in [-0.05, 0) is 24.6 Å². The second-order valence-electron chi connectivity index (χ2n) is 5.02. The maximum atomic E-state index is 15.4. The predicted octanol–water partition coefficient (Wildman–Crippen LogP) is 3.32. The van der Waals surface area contributed by atoms with Gasteiger partial charge in [0.15, 0.2) is 0 Å². The number of aryl methyl sites for hydroxylation is 1. The van der Waals surface area contributed by atoms with Gasteiger partial charge in [0.05, 0.1) is 5.69 Å². The molecule has 0 aromatic heterocycles. The number of hydrogen-bond donors (Lipinski definition) is 0. The molecule has 0 fully saturated rings. The van der Waals surface area contributed by atoms with Gasteiger partial charge < -0.3 is 4.90 Å². The SMILES string of the molecule is Cc1ccc2c(c1)N(C)C(=O)[C@]2(F)c1ccccc1F. The highest BCUT2D eigenvalue weighted by Gasteiger charge is 2.53.